The highest BCUT2D eigenvalue weighted by Crippen LogP contribution is 2.30. The molecule has 1 aliphatic rings. The Kier molecular flexibility index (Phi) is 5.34. The van der Waals surface area contributed by atoms with Crippen LogP contribution in [-0.4, -0.2) is 16.7 Å². The molecule has 0 fully saturated rings. The maximum Gasteiger partial charge on any atom is 0.316 e. The van der Waals surface area contributed by atoms with Crippen molar-refractivity contribution in [2.75, 3.05) is 12.4 Å². The van der Waals surface area contributed by atoms with Crippen molar-refractivity contribution in [3.63, 3.8) is 0 Å². The van der Waals surface area contributed by atoms with Crippen molar-refractivity contribution in [2.24, 2.45) is 0 Å². The smallest absolute Gasteiger partial charge is 0.316 e. The Hall–Kier alpha value is -3.15. The Balaban J connectivity index is 1.76. The van der Waals surface area contributed by atoms with Crippen molar-refractivity contribution in [3.8, 4) is 5.75 Å². The molecule has 0 atom stereocenters. The number of aryl methyl sites for hydroxylation is 3. The highest BCUT2D eigenvalue weighted by Gasteiger charge is 2.17. The quantitative estimate of drug-likeness (QED) is 0.681. The maximum atomic E-state index is 14.2. The molecule has 5 nitrogen and oxygen atoms in total. The van der Waals surface area contributed by atoms with Crippen LogP contribution in [0.15, 0.2) is 47.4 Å². The predicted octanol–water partition coefficient (Wildman–Crippen LogP) is 4.23. The Labute approximate surface area is 169 Å². The summed E-state index contributed by atoms with van der Waals surface area (Å²) in [6, 6.07) is 11.0. The molecule has 0 bridgehead atoms. The standard InChI is InChI=1S/C23H24FN3O2/c1-3-15-11-16-8-6-9-17(16)12-20(15)25-23-26-22(28)21(29-2)14-27(23)13-18-7-4-5-10-19(18)24/h4-5,7,10-12,14H,3,6,8-9,13H2,1-2H3,(H,25,26,28). The van der Waals surface area contributed by atoms with Crippen molar-refractivity contribution in [1.29, 1.82) is 0 Å². The summed E-state index contributed by atoms with van der Waals surface area (Å²) in [5.41, 5.74) is 4.90. The van der Waals surface area contributed by atoms with Gasteiger partial charge in [0.05, 0.1) is 19.9 Å². The number of fused-ring (bicyclic) bond motifs is 1. The minimum Gasteiger partial charge on any atom is -0.490 e. The van der Waals surface area contributed by atoms with Gasteiger partial charge in [0.25, 0.3) is 0 Å². The molecule has 0 saturated carbocycles. The minimum atomic E-state index is -0.459. The molecule has 1 aliphatic carbocycles. The van der Waals surface area contributed by atoms with Crippen molar-refractivity contribution in [2.45, 2.75) is 39.2 Å². The molecule has 150 valence electrons. The first-order valence-corrected chi connectivity index (χ1v) is 9.89. The van der Waals surface area contributed by atoms with E-state index in [2.05, 4.69) is 29.4 Å². The molecule has 0 unspecified atom stereocenters. The van der Waals surface area contributed by atoms with E-state index in [4.69, 9.17) is 4.74 Å². The summed E-state index contributed by atoms with van der Waals surface area (Å²) in [6.45, 7) is 2.33. The molecular weight excluding hydrogens is 369 g/mol. The molecule has 3 aromatic rings. The lowest BCUT2D eigenvalue weighted by Gasteiger charge is -2.18. The van der Waals surface area contributed by atoms with Crippen LogP contribution >= 0.6 is 0 Å². The molecule has 6 heteroatoms. The molecule has 2 aromatic carbocycles. The molecule has 4 rings (SSSR count). The predicted molar refractivity (Wildman–Crippen MR) is 112 cm³/mol. The number of benzene rings is 2. The van der Waals surface area contributed by atoms with Crippen LogP contribution in [0.2, 0.25) is 0 Å². The molecule has 0 saturated heterocycles. The first kappa shape index (κ1) is 19.2. The van der Waals surface area contributed by atoms with Crippen LogP contribution in [-0.2, 0) is 25.8 Å². The van der Waals surface area contributed by atoms with Gasteiger partial charge < -0.3 is 14.6 Å². The Morgan fingerprint density at radius 3 is 2.66 bits per heavy atom. The third-order valence-electron chi connectivity index (χ3n) is 5.43. The van der Waals surface area contributed by atoms with Gasteiger partial charge in [-0.25, -0.2) is 4.39 Å². The van der Waals surface area contributed by atoms with E-state index < -0.39 is 5.56 Å². The molecule has 1 heterocycles. The van der Waals surface area contributed by atoms with Crippen molar-refractivity contribution >= 4 is 11.6 Å². The van der Waals surface area contributed by atoms with Crippen LogP contribution < -0.4 is 15.6 Å². The highest BCUT2D eigenvalue weighted by atomic mass is 19.1. The number of methoxy groups -OCH3 is 1. The van der Waals surface area contributed by atoms with E-state index in [9.17, 15) is 9.18 Å². The fourth-order valence-electron chi connectivity index (χ4n) is 3.85. The van der Waals surface area contributed by atoms with Crippen molar-refractivity contribution < 1.29 is 9.13 Å². The first-order valence-electron chi connectivity index (χ1n) is 9.89. The van der Waals surface area contributed by atoms with E-state index in [1.165, 1.54) is 36.3 Å². The molecular formula is C23H24FN3O2. The fraction of sp³-hybridized carbons (Fsp3) is 0.304. The van der Waals surface area contributed by atoms with Crippen LogP contribution in [0.5, 0.6) is 5.75 Å². The number of hydrogen-bond donors (Lipinski definition) is 1. The second-order valence-electron chi connectivity index (χ2n) is 7.27. The van der Waals surface area contributed by atoms with Gasteiger partial charge in [-0.3, -0.25) is 4.79 Å². The topological polar surface area (TPSA) is 56.1 Å². The Bertz CT molecular complexity index is 1110. The van der Waals surface area contributed by atoms with Gasteiger partial charge in [0, 0.05) is 11.3 Å². The molecule has 29 heavy (non-hydrogen) atoms. The average molecular weight is 393 g/mol. The van der Waals surface area contributed by atoms with Gasteiger partial charge >= 0.3 is 5.56 Å². The molecule has 0 amide bonds. The van der Waals surface area contributed by atoms with Crippen molar-refractivity contribution in [1.82, 2.24) is 9.55 Å². The number of rotatable bonds is 6. The first-order chi connectivity index (χ1) is 14.1. The average Bonchev–Trinajstić information content (AvgIpc) is 3.18. The molecule has 0 spiro atoms. The van der Waals surface area contributed by atoms with Crippen LogP contribution in [0.4, 0.5) is 16.0 Å². The number of halogens is 1. The zero-order valence-electron chi connectivity index (χ0n) is 16.7. The lowest BCUT2D eigenvalue weighted by Crippen LogP contribution is -2.19. The number of aromatic nitrogens is 2. The van der Waals surface area contributed by atoms with Gasteiger partial charge in [-0.1, -0.05) is 31.2 Å². The molecule has 1 N–H and O–H groups in total. The number of anilines is 2. The lowest BCUT2D eigenvalue weighted by molar-refractivity contribution is 0.402. The van der Waals surface area contributed by atoms with E-state index >= 15 is 0 Å². The molecule has 1 aromatic heterocycles. The second-order valence-corrected chi connectivity index (χ2v) is 7.27. The number of nitrogens with zero attached hydrogens (tertiary/aromatic N) is 2. The SMILES string of the molecule is CCc1cc2c(cc1Nc1nc(=O)c(OC)cn1Cc1ccccc1F)CCC2. The van der Waals surface area contributed by atoms with E-state index in [1.807, 2.05) is 0 Å². The van der Waals surface area contributed by atoms with Crippen molar-refractivity contribution in [3.05, 3.63) is 81.0 Å². The van der Waals surface area contributed by atoms with Crippen LogP contribution in [0.3, 0.4) is 0 Å². The lowest BCUT2D eigenvalue weighted by atomic mass is 10.0. The number of hydrogen-bond acceptors (Lipinski definition) is 4. The van der Waals surface area contributed by atoms with E-state index in [1.54, 1.807) is 29.0 Å². The second kappa shape index (κ2) is 8.07. The zero-order chi connectivity index (χ0) is 20.4. The summed E-state index contributed by atoms with van der Waals surface area (Å²) in [7, 11) is 1.43. The third kappa shape index (κ3) is 3.88. The summed E-state index contributed by atoms with van der Waals surface area (Å²) < 4.78 is 21.1. The monoisotopic (exact) mass is 393 g/mol. The van der Waals surface area contributed by atoms with Gasteiger partial charge in [0.15, 0.2) is 0 Å². The normalized spacial score (nSPS) is 12.7. The van der Waals surface area contributed by atoms with Gasteiger partial charge in [-0.2, -0.15) is 4.98 Å². The van der Waals surface area contributed by atoms with Crippen LogP contribution in [0.1, 0.15) is 35.6 Å². The number of ether oxygens (including phenoxy) is 1. The van der Waals surface area contributed by atoms with Crippen LogP contribution in [0, 0.1) is 5.82 Å². The Morgan fingerprint density at radius 1 is 1.17 bits per heavy atom. The van der Waals surface area contributed by atoms with E-state index in [0.717, 1.165) is 24.9 Å². The van der Waals surface area contributed by atoms with E-state index in [-0.39, 0.29) is 18.1 Å². The maximum absolute atomic E-state index is 14.2. The molecule has 0 radical (unpaired) electrons. The van der Waals surface area contributed by atoms with Gasteiger partial charge in [-0.15, -0.1) is 0 Å². The summed E-state index contributed by atoms with van der Waals surface area (Å²) in [5.74, 6) is 0.186. The largest absolute Gasteiger partial charge is 0.490 e. The van der Waals surface area contributed by atoms with Gasteiger partial charge in [0.2, 0.25) is 11.7 Å². The minimum absolute atomic E-state index is 0.122. The summed E-state index contributed by atoms with van der Waals surface area (Å²) in [4.78, 5) is 16.5. The summed E-state index contributed by atoms with van der Waals surface area (Å²) in [6.07, 6.45) is 5.78. The number of nitrogens with one attached hydrogen (secondary N) is 1. The molecule has 0 aliphatic heterocycles. The van der Waals surface area contributed by atoms with E-state index in [0.29, 0.717) is 11.5 Å². The third-order valence-corrected chi connectivity index (χ3v) is 5.43. The Morgan fingerprint density at radius 2 is 1.93 bits per heavy atom. The van der Waals surface area contributed by atoms with Gasteiger partial charge in [-0.05, 0) is 54.5 Å². The highest BCUT2D eigenvalue weighted by molar-refractivity contribution is 5.62. The zero-order valence-corrected chi connectivity index (χ0v) is 16.7. The summed E-state index contributed by atoms with van der Waals surface area (Å²) in [5, 5.41) is 3.33. The van der Waals surface area contributed by atoms with Gasteiger partial charge in [0.1, 0.15) is 5.82 Å². The summed E-state index contributed by atoms with van der Waals surface area (Å²) >= 11 is 0. The van der Waals surface area contributed by atoms with Crippen LogP contribution in [0.25, 0.3) is 0 Å². The fourth-order valence-corrected chi connectivity index (χ4v) is 3.85.